The van der Waals surface area contributed by atoms with Gasteiger partial charge in [0.25, 0.3) is 0 Å². The van der Waals surface area contributed by atoms with E-state index in [0.717, 1.165) is 24.6 Å². The predicted octanol–water partition coefficient (Wildman–Crippen LogP) is 3.10. The summed E-state index contributed by atoms with van der Waals surface area (Å²) in [6.07, 6.45) is 0. The van der Waals surface area contributed by atoms with Crippen molar-refractivity contribution in [2.75, 3.05) is 18.5 Å². The van der Waals surface area contributed by atoms with Gasteiger partial charge in [-0.25, -0.2) is 0 Å². The summed E-state index contributed by atoms with van der Waals surface area (Å²) < 4.78 is 5.62. The Morgan fingerprint density at radius 3 is 3.00 bits per heavy atom. The van der Waals surface area contributed by atoms with E-state index in [9.17, 15) is 0 Å². The summed E-state index contributed by atoms with van der Waals surface area (Å²) in [5.41, 5.74) is 3.55. The Labute approximate surface area is 94.8 Å². The number of aromatic nitrogens is 1. The van der Waals surface area contributed by atoms with Crippen molar-refractivity contribution >= 4 is 16.6 Å². The average Bonchev–Trinajstić information content (AvgIpc) is 2.73. The van der Waals surface area contributed by atoms with Gasteiger partial charge >= 0.3 is 0 Å². The molecule has 0 spiro atoms. The molecule has 0 saturated heterocycles. The molecule has 0 saturated carbocycles. The highest BCUT2D eigenvalue weighted by Crippen LogP contribution is 2.35. The maximum atomic E-state index is 5.62. The Balaban J connectivity index is 2.22. The van der Waals surface area contributed by atoms with Gasteiger partial charge in [0.05, 0.1) is 5.52 Å². The number of H-pyrrole nitrogens is 1. The van der Waals surface area contributed by atoms with Crippen molar-refractivity contribution in [3.63, 3.8) is 0 Å². The van der Waals surface area contributed by atoms with E-state index in [4.69, 9.17) is 4.74 Å². The number of ether oxygens (including phenoxy) is 1. The molecule has 3 heteroatoms. The largest absolute Gasteiger partial charge is 0.490 e. The van der Waals surface area contributed by atoms with Crippen LogP contribution in [-0.4, -0.2) is 18.1 Å². The van der Waals surface area contributed by atoms with E-state index in [-0.39, 0.29) is 0 Å². The third-order valence-corrected chi connectivity index (χ3v) is 3.06. The van der Waals surface area contributed by atoms with Gasteiger partial charge in [0, 0.05) is 17.6 Å². The standard InChI is InChI=1S/C13H16N2O/c1-8(2)10-7-9-3-4-11-13(12(9)15-10)14-5-6-16-11/h3-4,7-8,14-15H,5-6H2,1-2H3. The zero-order valence-corrected chi connectivity index (χ0v) is 9.63. The van der Waals surface area contributed by atoms with Gasteiger partial charge in [-0.2, -0.15) is 0 Å². The molecule has 0 radical (unpaired) electrons. The molecular weight excluding hydrogens is 200 g/mol. The van der Waals surface area contributed by atoms with Crippen LogP contribution < -0.4 is 10.1 Å². The first kappa shape index (κ1) is 9.58. The highest BCUT2D eigenvalue weighted by Gasteiger charge is 2.15. The zero-order valence-electron chi connectivity index (χ0n) is 9.63. The number of fused-ring (bicyclic) bond motifs is 3. The third kappa shape index (κ3) is 1.35. The molecule has 0 aliphatic carbocycles. The molecule has 2 N–H and O–H groups in total. The molecule has 1 aliphatic heterocycles. The molecule has 3 rings (SSSR count). The lowest BCUT2D eigenvalue weighted by Crippen LogP contribution is -2.18. The number of anilines is 1. The summed E-state index contributed by atoms with van der Waals surface area (Å²) in [4.78, 5) is 3.48. The van der Waals surface area contributed by atoms with Crippen molar-refractivity contribution in [1.29, 1.82) is 0 Å². The first-order valence-electron chi connectivity index (χ1n) is 5.78. The van der Waals surface area contributed by atoms with Gasteiger partial charge in [0.2, 0.25) is 0 Å². The molecular formula is C13H16N2O. The van der Waals surface area contributed by atoms with Gasteiger partial charge in [-0.15, -0.1) is 0 Å². The minimum atomic E-state index is 0.521. The van der Waals surface area contributed by atoms with E-state index in [1.54, 1.807) is 0 Å². The van der Waals surface area contributed by atoms with Gasteiger partial charge in [0.15, 0.2) is 0 Å². The highest BCUT2D eigenvalue weighted by molar-refractivity contribution is 5.95. The van der Waals surface area contributed by atoms with E-state index >= 15 is 0 Å². The number of hydrogen-bond acceptors (Lipinski definition) is 2. The number of nitrogens with one attached hydrogen (secondary N) is 2. The van der Waals surface area contributed by atoms with Crippen molar-refractivity contribution in [2.45, 2.75) is 19.8 Å². The van der Waals surface area contributed by atoms with Gasteiger partial charge in [-0.3, -0.25) is 0 Å². The quantitative estimate of drug-likeness (QED) is 0.768. The number of hydrogen-bond donors (Lipinski definition) is 2. The molecule has 0 bridgehead atoms. The van der Waals surface area contributed by atoms with Crippen LogP contribution in [0.25, 0.3) is 10.9 Å². The lowest BCUT2D eigenvalue weighted by Gasteiger charge is -2.19. The van der Waals surface area contributed by atoms with Crippen molar-refractivity contribution in [3.8, 4) is 5.75 Å². The lowest BCUT2D eigenvalue weighted by molar-refractivity contribution is 0.324. The third-order valence-electron chi connectivity index (χ3n) is 3.06. The topological polar surface area (TPSA) is 37.0 Å². The highest BCUT2D eigenvalue weighted by atomic mass is 16.5. The summed E-state index contributed by atoms with van der Waals surface area (Å²) in [6.45, 7) is 6.01. The van der Waals surface area contributed by atoms with Crippen LogP contribution in [0.4, 0.5) is 5.69 Å². The van der Waals surface area contributed by atoms with Gasteiger partial charge in [-0.05, 0) is 24.1 Å². The van der Waals surface area contributed by atoms with Gasteiger partial charge in [0.1, 0.15) is 18.0 Å². The van der Waals surface area contributed by atoms with Crippen LogP contribution in [0.1, 0.15) is 25.5 Å². The molecule has 16 heavy (non-hydrogen) atoms. The molecule has 2 heterocycles. The summed E-state index contributed by atoms with van der Waals surface area (Å²) in [5, 5.41) is 4.65. The number of rotatable bonds is 1. The van der Waals surface area contributed by atoms with Crippen LogP contribution in [0.2, 0.25) is 0 Å². The second-order valence-electron chi connectivity index (χ2n) is 4.56. The maximum Gasteiger partial charge on any atom is 0.144 e. The summed E-state index contributed by atoms with van der Waals surface area (Å²) in [6, 6.07) is 6.38. The number of aromatic amines is 1. The second kappa shape index (κ2) is 3.44. The van der Waals surface area contributed by atoms with Crippen LogP contribution in [-0.2, 0) is 0 Å². The molecule has 1 aromatic carbocycles. The van der Waals surface area contributed by atoms with Crippen LogP contribution in [0, 0.1) is 0 Å². The molecule has 2 aromatic rings. The van der Waals surface area contributed by atoms with E-state index in [1.807, 2.05) is 6.07 Å². The number of benzene rings is 1. The molecule has 84 valence electrons. The smallest absolute Gasteiger partial charge is 0.144 e. The lowest BCUT2D eigenvalue weighted by atomic mass is 10.1. The van der Waals surface area contributed by atoms with Gasteiger partial charge in [-0.1, -0.05) is 13.8 Å². The van der Waals surface area contributed by atoms with Crippen LogP contribution in [0.5, 0.6) is 5.75 Å². The molecule has 0 unspecified atom stereocenters. The first-order chi connectivity index (χ1) is 7.75. The van der Waals surface area contributed by atoms with E-state index in [2.05, 4.69) is 36.3 Å². The first-order valence-corrected chi connectivity index (χ1v) is 5.78. The van der Waals surface area contributed by atoms with Crippen molar-refractivity contribution < 1.29 is 4.74 Å². The van der Waals surface area contributed by atoms with E-state index in [1.165, 1.54) is 16.6 Å². The normalized spacial score (nSPS) is 14.7. The molecule has 1 aliphatic rings. The SMILES string of the molecule is CC(C)c1cc2ccc3c(c2[nH]1)NCCO3. The van der Waals surface area contributed by atoms with Crippen molar-refractivity contribution in [2.24, 2.45) is 0 Å². The summed E-state index contributed by atoms with van der Waals surface area (Å²) >= 11 is 0. The van der Waals surface area contributed by atoms with Crippen molar-refractivity contribution in [3.05, 3.63) is 23.9 Å². The summed E-state index contributed by atoms with van der Waals surface area (Å²) in [7, 11) is 0. The van der Waals surface area contributed by atoms with Gasteiger partial charge < -0.3 is 15.0 Å². The second-order valence-corrected chi connectivity index (χ2v) is 4.56. The van der Waals surface area contributed by atoms with E-state index in [0.29, 0.717) is 5.92 Å². The Hall–Kier alpha value is -1.64. The Bertz CT molecular complexity index is 528. The maximum absolute atomic E-state index is 5.62. The fraction of sp³-hybridized carbons (Fsp3) is 0.385. The predicted molar refractivity (Wildman–Crippen MR) is 66.4 cm³/mol. The Kier molecular flexibility index (Phi) is 2.06. The zero-order chi connectivity index (χ0) is 11.1. The summed E-state index contributed by atoms with van der Waals surface area (Å²) in [5.74, 6) is 1.48. The van der Waals surface area contributed by atoms with Crippen molar-refractivity contribution in [1.82, 2.24) is 4.98 Å². The molecule has 0 fully saturated rings. The van der Waals surface area contributed by atoms with E-state index < -0.39 is 0 Å². The molecule has 3 nitrogen and oxygen atoms in total. The molecule has 0 amide bonds. The fourth-order valence-corrected chi connectivity index (χ4v) is 2.15. The fourth-order valence-electron chi connectivity index (χ4n) is 2.15. The van der Waals surface area contributed by atoms with Crippen LogP contribution >= 0.6 is 0 Å². The molecule has 1 aromatic heterocycles. The minimum absolute atomic E-state index is 0.521. The Morgan fingerprint density at radius 2 is 2.19 bits per heavy atom. The molecule has 0 atom stereocenters. The Morgan fingerprint density at radius 1 is 1.31 bits per heavy atom. The van der Waals surface area contributed by atoms with Crippen LogP contribution in [0.3, 0.4) is 0 Å². The monoisotopic (exact) mass is 216 g/mol. The minimum Gasteiger partial charge on any atom is -0.490 e. The average molecular weight is 216 g/mol. The van der Waals surface area contributed by atoms with Crippen LogP contribution in [0.15, 0.2) is 18.2 Å².